The van der Waals surface area contributed by atoms with Gasteiger partial charge in [0.05, 0.1) is 0 Å². The van der Waals surface area contributed by atoms with Crippen LogP contribution in [0.5, 0.6) is 0 Å². The summed E-state index contributed by atoms with van der Waals surface area (Å²) in [6.07, 6.45) is 3.09. The molecule has 1 aromatic heterocycles. The Morgan fingerprint density at radius 2 is 2.50 bits per heavy atom. The Morgan fingerprint density at radius 3 is 3.00 bits per heavy atom. The maximum absolute atomic E-state index is 5.52. The normalized spacial score (nSPS) is 13.2. The molecule has 0 amide bonds. The van der Waals surface area contributed by atoms with Crippen LogP contribution in [0.2, 0.25) is 0 Å². The lowest BCUT2D eigenvalue weighted by Gasteiger charge is -2.05. The van der Waals surface area contributed by atoms with E-state index in [0.29, 0.717) is 5.13 Å². The molecular weight excluding hydrogens is 188 g/mol. The number of thiazole rings is 1. The van der Waals surface area contributed by atoms with E-state index in [0.717, 1.165) is 11.0 Å². The van der Waals surface area contributed by atoms with Crippen molar-refractivity contribution in [3.05, 3.63) is 11.1 Å². The van der Waals surface area contributed by atoms with Crippen molar-refractivity contribution in [3.63, 3.8) is 0 Å². The highest BCUT2D eigenvalue weighted by atomic mass is 32.2. The van der Waals surface area contributed by atoms with E-state index in [-0.39, 0.29) is 0 Å². The summed E-state index contributed by atoms with van der Waals surface area (Å²) < 4.78 is 0. The Morgan fingerprint density at radius 1 is 1.75 bits per heavy atom. The van der Waals surface area contributed by atoms with Gasteiger partial charge in [0.15, 0.2) is 5.13 Å². The van der Waals surface area contributed by atoms with Crippen LogP contribution in [0.4, 0.5) is 5.13 Å². The highest BCUT2D eigenvalue weighted by Gasteiger charge is 2.02. The second-order valence-electron chi connectivity index (χ2n) is 2.69. The lowest BCUT2D eigenvalue weighted by atomic mass is 10.4. The average molecular weight is 202 g/mol. The van der Waals surface area contributed by atoms with Crippen LogP contribution in [0.25, 0.3) is 0 Å². The molecule has 1 rings (SSSR count). The van der Waals surface area contributed by atoms with Crippen LogP contribution in [0.3, 0.4) is 0 Å². The molecule has 12 heavy (non-hydrogen) atoms. The lowest BCUT2D eigenvalue weighted by Crippen LogP contribution is -1.92. The molecule has 0 spiro atoms. The van der Waals surface area contributed by atoms with Crippen LogP contribution >= 0.6 is 23.1 Å². The second kappa shape index (κ2) is 4.72. The molecule has 0 aliphatic rings. The third-order valence-corrected chi connectivity index (χ3v) is 4.05. The highest BCUT2D eigenvalue weighted by Crippen LogP contribution is 2.24. The summed E-state index contributed by atoms with van der Waals surface area (Å²) in [5.41, 5.74) is 5.52. The smallest absolute Gasteiger partial charge is 0.180 e. The summed E-state index contributed by atoms with van der Waals surface area (Å²) >= 11 is 3.54. The molecule has 2 N–H and O–H groups in total. The summed E-state index contributed by atoms with van der Waals surface area (Å²) in [6.45, 7) is 4.45. The highest BCUT2D eigenvalue weighted by molar-refractivity contribution is 7.99. The van der Waals surface area contributed by atoms with E-state index >= 15 is 0 Å². The minimum atomic E-state index is 0.676. The lowest BCUT2D eigenvalue weighted by molar-refractivity contribution is 0.905. The van der Waals surface area contributed by atoms with Crippen LogP contribution in [0.1, 0.15) is 25.1 Å². The molecule has 1 heterocycles. The van der Waals surface area contributed by atoms with Crippen molar-refractivity contribution < 1.29 is 0 Å². The van der Waals surface area contributed by atoms with Gasteiger partial charge in [-0.2, -0.15) is 11.8 Å². The molecular formula is C8H14N2S2. The molecule has 0 radical (unpaired) electrons. The van der Waals surface area contributed by atoms with Crippen LogP contribution in [-0.4, -0.2) is 10.2 Å². The van der Waals surface area contributed by atoms with Gasteiger partial charge in [-0.3, -0.25) is 0 Å². The predicted molar refractivity (Wildman–Crippen MR) is 57.6 cm³/mol. The van der Waals surface area contributed by atoms with Crippen LogP contribution in [0.15, 0.2) is 6.20 Å². The first kappa shape index (κ1) is 9.86. The summed E-state index contributed by atoms with van der Waals surface area (Å²) in [4.78, 5) is 5.28. The fourth-order valence-electron chi connectivity index (χ4n) is 0.732. The van der Waals surface area contributed by atoms with Crippen molar-refractivity contribution in [1.82, 2.24) is 4.98 Å². The summed E-state index contributed by atoms with van der Waals surface area (Å²) in [7, 11) is 0. The van der Waals surface area contributed by atoms with Crippen molar-refractivity contribution in [1.29, 1.82) is 0 Å². The first-order valence-electron chi connectivity index (χ1n) is 4.04. The monoisotopic (exact) mass is 202 g/mol. The molecule has 1 unspecified atom stereocenters. The van der Waals surface area contributed by atoms with Crippen LogP contribution in [0, 0.1) is 0 Å². The Kier molecular flexibility index (Phi) is 3.88. The molecule has 0 saturated heterocycles. The summed E-state index contributed by atoms with van der Waals surface area (Å²) in [5, 5.41) is 1.41. The number of nitrogens with two attached hydrogens (primary N) is 1. The quantitative estimate of drug-likeness (QED) is 0.816. The fraction of sp³-hybridized carbons (Fsp3) is 0.625. The first-order valence-corrected chi connectivity index (χ1v) is 5.90. The van der Waals surface area contributed by atoms with Gasteiger partial charge in [-0.05, 0) is 6.42 Å². The minimum Gasteiger partial charge on any atom is -0.375 e. The topological polar surface area (TPSA) is 38.9 Å². The van der Waals surface area contributed by atoms with E-state index in [9.17, 15) is 0 Å². The second-order valence-corrected chi connectivity index (χ2v) is 5.27. The zero-order chi connectivity index (χ0) is 8.97. The van der Waals surface area contributed by atoms with Gasteiger partial charge in [-0.1, -0.05) is 13.8 Å². The number of thioether (sulfide) groups is 1. The van der Waals surface area contributed by atoms with Crippen molar-refractivity contribution in [3.8, 4) is 0 Å². The van der Waals surface area contributed by atoms with Crippen molar-refractivity contribution in [2.24, 2.45) is 0 Å². The molecule has 4 heteroatoms. The number of aromatic nitrogens is 1. The largest absolute Gasteiger partial charge is 0.375 e. The van der Waals surface area contributed by atoms with Gasteiger partial charge in [0, 0.05) is 22.1 Å². The van der Waals surface area contributed by atoms with Gasteiger partial charge in [0.1, 0.15) is 0 Å². The van der Waals surface area contributed by atoms with E-state index < -0.39 is 0 Å². The number of nitrogen functional groups attached to an aromatic ring is 1. The molecule has 0 saturated carbocycles. The van der Waals surface area contributed by atoms with Crippen molar-refractivity contribution in [2.75, 3.05) is 5.73 Å². The molecule has 2 nitrogen and oxygen atoms in total. The van der Waals surface area contributed by atoms with Gasteiger partial charge in [-0.25, -0.2) is 4.98 Å². The molecule has 1 aromatic rings. The third-order valence-electron chi connectivity index (χ3n) is 1.66. The number of hydrogen-bond donors (Lipinski definition) is 1. The minimum absolute atomic E-state index is 0.676. The summed E-state index contributed by atoms with van der Waals surface area (Å²) in [5.74, 6) is 1.05. The van der Waals surface area contributed by atoms with Crippen LogP contribution < -0.4 is 5.73 Å². The molecule has 0 bridgehead atoms. The average Bonchev–Trinajstić information content (AvgIpc) is 2.47. The first-order chi connectivity index (χ1) is 5.72. The molecule has 68 valence electrons. The van der Waals surface area contributed by atoms with Crippen molar-refractivity contribution in [2.45, 2.75) is 31.3 Å². The Labute approximate surface area is 81.6 Å². The SMILES string of the molecule is CCC(C)SCc1cnc(N)s1. The molecule has 0 aliphatic carbocycles. The predicted octanol–water partition coefficient (Wildman–Crippen LogP) is 2.76. The maximum atomic E-state index is 5.52. The van der Waals surface area contributed by atoms with Crippen LogP contribution in [-0.2, 0) is 5.75 Å². The third kappa shape index (κ3) is 3.03. The van der Waals surface area contributed by atoms with Gasteiger partial charge in [0.25, 0.3) is 0 Å². The van der Waals surface area contributed by atoms with Gasteiger partial charge < -0.3 is 5.73 Å². The van der Waals surface area contributed by atoms with Crippen molar-refractivity contribution >= 4 is 28.2 Å². The number of hydrogen-bond acceptors (Lipinski definition) is 4. The Hall–Kier alpha value is -0.220. The van der Waals surface area contributed by atoms with E-state index in [2.05, 4.69) is 18.8 Å². The van der Waals surface area contributed by atoms with Gasteiger partial charge in [-0.15, -0.1) is 11.3 Å². The molecule has 0 fully saturated rings. The molecule has 1 atom stereocenters. The number of nitrogens with zero attached hydrogens (tertiary/aromatic N) is 1. The maximum Gasteiger partial charge on any atom is 0.180 e. The Bertz CT molecular complexity index is 235. The van der Waals surface area contributed by atoms with E-state index in [1.54, 1.807) is 11.3 Å². The fourth-order valence-corrected chi connectivity index (χ4v) is 2.41. The molecule has 0 aromatic carbocycles. The zero-order valence-electron chi connectivity index (χ0n) is 7.41. The van der Waals surface area contributed by atoms with Gasteiger partial charge >= 0.3 is 0 Å². The van der Waals surface area contributed by atoms with E-state index in [1.165, 1.54) is 11.3 Å². The standard InChI is InChI=1S/C8H14N2S2/c1-3-6(2)11-5-7-4-10-8(9)12-7/h4,6H,3,5H2,1-2H3,(H2,9,10). The van der Waals surface area contributed by atoms with E-state index in [4.69, 9.17) is 5.73 Å². The number of anilines is 1. The van der Waals surface area contributed by atoms with Gasteiger partial charge in [0.2, 0.25) is 0 Å². The Balaban J connectivity index is 2.33. The molecule has 0 aliphatic heterocycles. The van der Waals surface area contributed by atoms with E-state index in [1.807, 2.05) is 18.0 Å². The zero-order valence-corrected chi connectivity index (χ0v) is 9.04. The number of rotatable bonds is 4. The summed E-state index contributed by atoms with van der Waals surface area (Å²) in [6, 6.07) is 0.